The van der Waals surface area contributed by atoms with Crippen molar-refractivity contribution in [3.05, 3.63) is 35.4 Å². The fourth-order valence-corrected chi connectivity index (χ4v) is 1.64. The first-order chi connectivity index (χ1) is 7.48. The molecule has 0 fully saturated rings. The van der Waals surface area contributed by atoms with Crippen LogP contribution in [0.5, 0.6) is 0 Å². The summed E-state index contributed by atoms with van der Waals surface area (Å²) in [5.74, 6) is 0. The van der Waals surface area contributed by atoms with Crippen LogP contribution in [0.25, 0.3) is 0 Å². The van der Waals surface area contributed by atoms with E-state index in [1.807, 2.05) is 26.0 Å². The zero-order valence-corrected chi connectivity index (χ0v) is 10.7. The van der Waals surface area contributed by atoms with E-state index in [1.165, 1.54) is 5.56 Å². The van der Waals surface area contributed by atoms with Gasteiger partial charge in [0.1, 0.15) is 0 Å². The van der Waals surface area contributed by atoms with Crippen molar-refractivity contribution < 1.29 is 9.84 Å². The van der Waals surface area contributed by atoms with Gasteiger partial charge in [0.15, 0.2) is 0 Å². The molecule has 0 aliphatic carbocycles. The summed E-state index contributed by atoms with van der Waals surface area (Å²) in [6, 6.07) is 8.13. The number of rotatable bonds is 5. The molecule has 0 aliphatic heterocycles. The van der Waals surface area contributed by atoms with Crippen LogP contribution in [0.4, 0.5) is 0 Å². The van der Waals surface area contributed by atoms with Gasteiger partial charge in [-0.25, -0.2) is 0 Å². The Balaban J connectivity index is 2.69. The van der Waals surface area contributed by atoms with Crippen LogP contribution in [0.15, 0.2) is 24.3 Å². The van der Waals surface area contributed by atoms with Gasteiger partial charge >= 0.3 is 0 Å². The number of benzene rings is 1. The minimum Gasteiger partial charge on any atom is -0.388 e. The van der Waals surface area contributed by atoms with Crippen molar-refractivity contribution >= 4 is 0 Å². The maximum Gasteiger partial charge on any atom is 0.0817 e. The van der Waals surface area contributed by atoms with Crippen LogP contribution in [0.3, 0.4) is 0 Å². The van der Waals surface area contributed by atoms with Crippen molar-refractivity contribution in [3.8, 4) is 0 Å². The van der Waals surface area contributed by atoms with E-state index < -0.39 is 6.10 Å². The molecule has 1 rings (SSSR count). The summed E-state index contributed by atoms with van der Waals surface area (Å²) in [7, 11) is 1.67. The molecule has 0 spiro atoms. The topological polar surface area (TPSA) is 29.5 Å². The third-order valence-electron chi connectivity index (χ3n) is 3.01. The highest BCUT2D eigenvalue weighted by molar-refractivity contribution is 5.24. The molecule has 2 heteroatoms. The molecule has 0 bridgehead atoms. The highest BCUT2D eigenvalue weighted by Crippen LogP contribution is 2.25. The summed E-state index contributed by atoms with van der Waals surface area (Å²) in [4.78, 5) is 0. The molecule has 1 atom stereocenters. The van der Waals surface area contributed by atoms with Crippen LogP contribution < -0.4 is 0 Å². The Kier molecular flexibility index (Phi) is 4.51. The Morgan fingerprint density at radius 2 is 1.81 bits per heavy atom. The second-order valence-electron chi connectivity index (χ2n) is 4.78. The lowest BCUT2D eigenvalue weighted by molar-refractivity contribution is -0.0200. The number of aryl methyl sites for hydroxylation is 1. The third-order valence-corrected chi connectivity index (χ3v) is 3.01. The van der Waals surface area contributed by atoms with Gasteiger partial charge in [-0.2, -0.15) is 0 Å². The number of hydrogen-bond acceptors (Lipinski definition) is 2. The standard InChI is InChI=1S/C14H22O2/c1-5-11-6-8-12(9-7-11)13(15)10-14(2,3)16-4/h6-9,13,15H,5,10H2,1-4H3. The fraction of sp³-hybridized carbons (Fsp3) is 0.571. The number of aliphatic hydroxyl groups excluding tert-OH is 1. The first-order valence-electron chi connectivity index (χ1n) is 5.80. The van der Waals surface area contributed by atoms with Gasteiger partial charge in [0.05, 0.1) is 11.7 Å². The van der Waals surface area contributed by atoms with E-state index in [0.717, 1.165) is 12.0 Å². The Hall–Kier alpha value is -0.860. The lowest BCUT2D eigenvalue weighted by Gasteiger charge is -2.26. The first kappa shape index (κ1) is 13.2. The van der Waals surface area contributed by atoms with Gasteiger partial charge in [0.25, 0.3) is 0 Å². The van der Waals surface area contributed by atoms with Crippen molar-refractivity contribution in [3.63, 3.8) is 0 Å². The van der Waals surface area contributed by atoms with Gasteiger partial charge in [0, 0.05) is 13.5 Å². The predicted molar refractivity (Wildman–Crippen MR) is 66.5 cm³/mol. The average Bonchev–Trinajstić information content (AvgIpc) is 2.28. The van der Waals surface area contributed by atoms with Crippen molar-refractivity contribution in [2.24, 2.45) is 0 Å². The van der Waals surface area contributed by atoms with Gasteiger partial charge in [0.2, 0.25) is 0 Å². The molecule has 0 heterocycles. The molecule has 90 valence electrons. The molecule has 16 heavy (non-hydrogen) atoms. The van der Waals surface area contributed by atoms with Gasteiger partial charge in [-0.05, 0) is 31.4 Å². The molecular formula is C14H22O2. The van der Waals surface area contributed by atoms with Crippen LogP contribution in [-0.2, 0) is 11.2 Å². The summed E-state index contributed by atoms with van der Waals surface area (Å²) < 4.78 is 5.31. The van der Waals surface area contributed by atoms with Gasteiger partial charge in [-0.15, -0.1) is 0 Å². The van der Waals surface area contributed by atoms with Crippen molar-refractivity contribution in [1.82, 2.24) is 0 Å². The monoisotopic (exact) mass is 222 g/mol. The Bertz CT molecular complexity index is 314. The van der Waals surface area contributed by atoms with E-state index in [4.69, 9.17) is 4.74 Å². The molecule has 1 unspecified atom stereocenters. The average molecular weight is 222 g/mol. The minimum absolute atomic E-state index is 0.289. The number of ether oxygens (including phenoxy) is 1. The van der Waals surface area contributed by atoms with Crippen LogP contribution in [-0.4, -0.2) is 17.8 Å². The molecule has 0 radical (unpaired) electrons. The normalized spacial score (nSPS) is 13.8. The summed E-state index contributed by atoms with van der Waals surface area (Å²) in [5, 5.41) is 10.1. The maximum absolute atomic E-state index is 10.1. The number of methoxy groups -OCH3 is 1. The van der Waals surface area contributed by atoms with E-state index in [1.54, 1.807) is 7.11 Å². The second kappa shape index (κ2) is 5.46. The molecule has 0 aliphatic rings. The summed E-state index contributed by atoms with van der Waals surface area (Å²) in [6.07, 6.45) is 1.18. The van der Waals surface area contributed by atoms with Gasteiger partial charge in [-0.1, -0.05) is 31.2 Å². The van der Waals surface area contributed by atoms with E-state index in [9.17, 15) is 5.11 Å². The highest BCUT2D eigenvalue weighted by atomic mass is 16.5. The quantitative estimate of drug-likeness (QED) is 0.829. The smallest absolute Gasteiger partial charge is 0.0817 e. The third kappa shape index (κ3) is 3.62. The summed E-state index contributed by atoms with van der Waals surface area (Å²) in [6.45, 7) is 6.09. The largest absolute Gasteiger partial charge is 0.388 e. The van der Waals surface area contributed by atoms with Crippen LogP contribution in [0.1, 0.15) is 44.4 Å². The molecule has 0 saturated heterocycles. The minimum atomic E-state index is -0.458. The van der Waals surface area contributed by atoms with Crippen LogP contribution in [0.2, 0.25) is 0 Å². The zero-order valence-electron chi connectivity index (χ0n) is 10.7. The molecule has 1 aromatic rings. The lowest BCUT2D eigenvalue weighted by Crippen LogP contribution is -2.25. The number of hydrogen-bond donors (Lipinski definition) is 1. The zero-order chi connectivity index (χ0) is 12.2. The lowest BCUT2D eigenvalue weighted by atomic mass is 9.95. The fourth-order valence-electron chi connectivity index (χ4n) is 1.64. The summed E-state index contributed by atoms with van der Waals surface area (Å²) in [5.41, 5.74) is 1.97. The molecule has 1 N–H and O–H groups in total. The van der Waals surface area contributed by atoms with E-state index in [-0.39, 0.29) is 5.60 Å². The van der Waals surface area contributed by atoms with E-state index in [0.29, 0.717) is 6.42 Å². The molecular weight excluding hydrogens is 200 g/mol. The van der Waals surface area contributed by atoms with Crippen LogP contribution >= 0.6 is 0 Å². The molecule has 1 aromatic carbocycles. The van der Waals surface area contributed by atoms with E-state index in [2.05, 4.69) is 19.1 Å². The predicted octanol–water partition coefficient (Wildman–Crippen LogP) is 3.10. The van der Waals surface area contributed by atoms with Gasteiger partial charge < -0.3 is 9.84 Å². The van der Waals surface area contributed by atoms with Crippen LogP contribution in [0, 0.1) is 0 Å². The molecule has 2 nitrogen and oxygen atoms in total. The van der Waals surface area contributed by atoms with E-state index >= 15 is 0 Å². The maximum atomic E-state index is 10.1. The molecule has 0 aromatic heterocycles. The number of aliphatic hydroxyl groups is 1. The van der Waals surface area contributed by atoms with Crippen molar-refractivity contribution in [2.45, 2.75) is 45.3 Å². The Morgan fingerprint density at radius 1 is 1.25 bits per heavy atom. The summed E-state index contributed by atoms with van der Waals surface area (Å²) >= 11 is 0. The Morgan fingerprint density at radius 3 is 2.25 bits per heavy atom. The highest BCUT2D eigenvalue weighted by Gasteiger charge is 2.22. The molecule has 0 saturated carbocycles. The van der Waals surface area contributed by atoms with Crippen molar-refractivity contribution in [2.75, 3.05) is 7.11 Å². The second-order valence-corrected chi connectivity index (χ2v) is 4.78. The first-order valence-corrected chi connectivity index (χ1v) is 5.80. The Labute approximate surface area is 98.3 Å². The van der Waals surface area contributed by atoms with Crippen molar-refractivity contribution in [1.29, 1.82) is 0 Å². The molecule has 0 amide bonds. The van der Waals surface area contributed by atoms with Gasteiger partial charge in [-0.3, -0.25) is 0 Å². The SMILES string of the molecule is CCc1ccc(C(O)CC(C)(C)OC)cc1.